The van der Waals surface area contributed by atoms with Gasteiger partial charge in [-0.15, -0.1) is 0 Å². The lowest BCUT2D eigenvalue weighted by atomic mass is 10.1. The largest absolute Gasteiger partial charge is 0.372 e. The van der Waals surface area contributed by atoms with Crippen molar-refractivity contribution >= 4 is 40.3 Å². The van der Waals surface area contributed by atoms with Gasteiger partial charge in [0.05, 0.1) is 6.04 Å². The monoisotopic (exact) mass is 422 g/mol. The Labute approximate surface area is 184 Å². The number of nitrogens with one attached hydrogen (secondary N) is 2. The van der Waals surface area contributed by atoms with Crippen molar-refractivity contribution in [2.24, 2.45) is 0 Å². The molecule has 4 rings (SSSR count). The third-order valence-electron chi connectivity index (χ3n) is 6.03. The predicted molar refractivity (Wildman–Crippen MR) is 128 cm³/mol. The molecule has 0 saturated carbocycles. The van der Waals surface area contributed by atoms with Crippen molar-refractivity contribution in [3.63, 3.8) is 0 Å². The molecule has 2 aromatic carbocycles. The molecule has 5 nitrogen and oxygen atoms in total. The van der Waals surface area contributed by atoms with Gasteiger partial charge >= 0.3 is 0 Å². The Morgan fingerprint density at radius 1 is 1.03 bits per heavy atom. The van der Waals surface area contributed by atoms with E-state index in [1.165, 1.54) is 24.1 Å². The van der Waals surface area contributed by atoms with Crippen LogP contribution in [0.3, 0.4) is 0 Å². The van der Waals surface area contributed by atoms with Crippen LogP contribution in [0.25, 0.3) is 0 Å². The van der Waals surface area contributed by atoms with Gasteiger partial charge in [-0.2, -0.15) is 0 Å². The molecular weight excluding hydrogens is 392 g/mol. The standard InChI is InChI=1S/C24H30N4OS/c1-17-16-20(9-12-22(17)28-15-5-6-23(28)29)26-24(30)25-18(2)19-7-10-21(11-8-19)27-13-3-4-14-27/h7-12,16,18H,3-6,13-15H2,1-2H3,(H2,25,26,30). The van der Waals surface area contributed by atoms with Crippen molar-refractivity contribution in [1.29, 1.82) is 0 Å². The lowest BCUT2D eigenvalue weighted by molar-refractivity contribution is -0.117. The van der Waals surface area contributed by atoms with Crippen LogP contribution in [0.2, 0.25) is 0 Å². The second-order valence-electron chi connectivity index (χ2n) is 8.26. The van der Waals surface area contributed by atoms with Crippen LogP contribution in [0.1, 0.15) is 49.8 Å². The first-order chi connectivity index (χ1) is 14.5. The molecule has 1 amide bonds. The average molecular weight is 423 g/mol. The van der Waals surface area contributed by atoms with E-state index in [0.717, 1.165) is 43.0 Å². The summed E-state index contributed by atoms with van der Waals surface area (Å²) in [7, 11) is 0. The fourth-order valence-electron chi connectivity index (χ4n) is 4.34. The van der Waals surface area contributed by atoms with E-state index < -0.39 is 0 Å². The zero-order valence-corrected chi connectivity index (χ0v) is 18.6. The molecule has 2 aromatic rings. The van der Waals surface area contributed by atoms with Crippen molar-refractivity contribution in [2.45, 2.75) is 45.6 Å². The highest BCUT2D eigenvalue weighted by Gasteiger charge is 2.23. The van der Waals surface area contributed by atoms with E-state index in [2.05, 4.69) is 46.7 Å². The first kappa shape index (κ1) is 20.7. The van der Waals surface area contributed by atoms with Gasteiger partial charge in [0.25, 0.3) is 0 Å². The van der Waals surface area contributed by atoms with Crippen LogP contribution >= 0.6 is 12.2 Å². The Morgan fingerprint density at radius 2 is 1.77 bits per heavy atom. The summed E-state index contributed by atoms with van der Waals surface area (Å²) >= 11 is 5.53. The minimum absolute atomic E-state index is 0.111. The second kappa shape index (κ2) is 9.04. The van der Waals surface area contributed by atoms with Gasteiger partial charge in [0, 0.05) is 43.1 Å². The number of carbonyl (C=O) groups is 1. The van der Waals surface area contributed by atoms with Crippen molar-refractivity contribution in [2.75, 3.05) is 34.8 Å². The number of aryl methyl sites for hydroxylation is 1. The van der Waals surface area contributed by atoms with Gasteiger partial charge in [0.1, 0.15) is 0 Å². The van der Waals surface area contributed by atoms with Crippen LogP contribution in [0, 0.1) is 6.92 Å². The third kappa shape index (κ3) is 4.59. The Bertz CT molecular complexity index is 921. The molecule has 0 aliphatic carbocycles. The Kier molecular flexibility index (Phi) is 6.23. The number of hydrogen-bond donors (Lipinski definition) is 2. The molecule has 0 aromatic heterocycles. The lowest BCUT2D eigenvalue weighted by Crippen LogP contribution is -2.31. The number of amides is 1. The molecule has 0 bridgehead atoms. The smallest absolute Gasteiger partial charge is 0.227 e. The van der Waals surface area contributed by atoms with Gasteiger partial charge in [-0.05, 0) is 86.8 Å². The summed E-state index contributed by atoms with van der Waals surface area (Å²) in [6, 6.07) is 14.9. The molecule has 158 valence electrons. The number of benzene rings is 2. The highest BCUT2D eigenvalue weighted by Crippen LogP contribution is 2.28. The Balaban J connectivity index is 1.34. The van der Waals surface area contributed by atoms with E-state index in [4.69, 9.17) is 12.2 Å². The van der Waals surface area contributed by atoms with Gasteiger partial charge < -0.3 is 20.4 Å². The van der Waals surface area contributed by atoms with Crippen LogP contribution in [-0.2, 0) is 4.79 Å². The zero-order chi connectivity index (χ0) is 21.1. The Morgan fingerprint density at radius 3 is 2.40 bits per heavy atom. The molecule has 2 N–H and O–H groups in total. The SMILES string of the molecule is Cc1cc(NC(=S)NC(C)c2ccc(N3CCCC3)cc2)ccc1N1CCCC1=O. The average Bonchev–Trinajstić information content (AvgIpc) is 3.40. The van der Waals surface area contributed by atoms with Crippen LogP contribution in [0.15, 0.2) is 42.5 Å². The lowest BCUT2D eigenvalue weighted by Gasteiger charge is -2.21. The van der Waals surface area contributed by atoms with E-state index in [-0.39, 0.29) is 11.9 Å². The first-order valence-corrected chi connectivity index (χ1v) is 11.3. The van der Waals surface area contributed by atoms with Gasteiger partial charge in [-0.1, -0.05) is 12.1 Å². The molecule has 1 unspecified atom stereocenters. The molecule has 30 heavy (non-hydrogen) atoms. The number of thiocarbonyl (C=S) groups is 1. The molecule has 6 heteroatoms. The van der Waals surface area contributed by atoms with E-state index >= 15 is 0 Å². The van der Waals surface area contributed by atoms with Crippen LogP contribution in [-0.4, -0.2) is 30.7 Å². The number of nitrogens with zero attached hydrogens (tertiary/aromatic N) is 2. The van der Waals surface area contributed by atoms with Gasteiger partial charge in [0.2, 0.25) is 5.91 Å². The highest BCUT2D eigenvalue weighted by molar-refractivity contribution is 7.80. The maximum absolute atomic E-state index is 12.0. The van der Waals surface area contributed by atoms with E-state index in [9.17, 15) is 4.79 Å². The first-order valence-electron chi connectivity index (χ1n) is 10.8. The third-order valence-corrected chi connectivity index (χ3v) is 6.25. The van der Waals surface area contributed by atoms with Crippen LogP contribution in [0.4, 0.5) is 17.1 Å². The van der Waals surface area contributed by atoms with E-state index in [1.807, 2.05) is 30.0 Å². The normalized spacial score (nSPS) is 17.3. The summed E-state index contributed by atoms with van der Waals surface area (Å²) < 4.78 is 0. The van der Waals surface area contributed by atoms with E-state index in [0.29, 0.717) is 11.5 Å². The van der Waals surface area contributed by atoms with Gasteiger partial charge in [0.15, 0.2) is 5.11 Å². The number of anilines is 3. The molecule has 2 aliphatic heterocycles. The quantitative estimate of drug-likeness (QED) is 0.680. The minimum Gasteiger partial charge on any atom is -0.372 e. The predicted octanol–water partition coefficient (Wildman–Crippen LogP) is 4.77. The zero-order valence-electron chi connectivity index (χ0n) is 17.8. The summed E-state index contributed by atoms with van der Waals surface area (Å²) in [6.07, 6.45) is 4.15. The summed E-state index contributed by atoms with van der Waals surface area (Å²) in [5, 5.41) is 7.24. The minimum atomic E-state index is 0.111. The molecule has 0 radical (unpaired) electrons. The van der Waals surface area contributed by atoms with E-state index in [1.54, 1.807) is 0 Å². The summed E-state index contributed by atoms with van der Waals surface area (Å²) in [4.78, 5) is 16.3. The number of rotatable bonds is 5. The maximum Gasteiger partial charge on any atom is 0.227 e. The molecule has 2 heterocycles. The van der Waals surface area contributed by atoms with Crippen molar-refractivity contribution in [3.8, 4) is 0 Å². The fourth-order valence-corrected chi connectivity index (χ4v) is 4.63. The molecule has 0 spiro atoms. The molecule has 2 fully saturated rings. The van der Waals surface area contributed by atoms with Gasteiger partial charge in [-0.3, -0.25) is 4.79 Å². The number of carbonyl (C=O) groups excluding carboxylic acids is 1. The summed E-state index contributed by atoms with van der Waals surface area (Å²) in [5.74, 6) is 0.209. The number of hydrogen-bond acceptors (Lipinski definition) is 3. The second-order valence-corrected chi connectivity index (χ2v) is 8.66. The molecule has 1 atom stereocenters. The van der Waals surface area contributed by atoms with Crippen molar-refractivity contribution in [3.05, 3.63) is 53.6 Å². The highest BCUT2D eigenvalue weighted by atomic mass is 32.1. The Hall–Kier alpha value is -2.60. The fraction of sp³-hybridized carbons (Fsp3) is 0.417. The molecule has 2 aliphatic rings. The summed E-state index contributed by atoms with van der Waals surface area (Å²) in [6.45, 7) is 7.27. The topological polar surface area (TPSA) is 47.6 Å². The summed E-state index contributed by atoms with van der Waals surface area (Å²) in [5.41, 5.74) is 5.51. The van der Waals surface area contributed by atoms with Crippen LogP contribution in [0.5, 0.6) is 0 Å². The van der Waals surface area contributed by atoms with Crippen molar-refractivity contribution in [1.82, 2.24) is 5.32 Å². The molecule has 2 saturated heterocycles. The van der Waals surface area contributed by atoms with Crippen molar-refractivity contribution < 1.29 is 4.79 Å². The molecular formula is C24H30N4OS. The van der Waals surface area contributed by atoms with Gasteiger partial charge in [-0.25, -0.2) is 0 Å². The maximum atomic E-state index is 12.0. The van der Waals surface area contributed by atoms with Crippen LogP contribution < -0.4 is 20.4 Å².